The van der Waals surface area contributed by atoms with E-state index in [-0.39, 0.29) is 5.56 Å². The lowest BCUT2D eigenvalue weighted by atomic mass is 10.0. The minimum absolute atomic E-state index is 0.0516. The third-order valence-corrected chi connectivity index (χ3v) is 2.52. The van der Waals surface area contributed by atoms with Crippen LogP contribution in [0.4, 0.5) is 4.39 Å². The second kappa shape index (κ2) is 4.71. The standard InChI is InChI=1S/C12H14FNO3/c1-7(14)12(15)8-5-10-11(6-9(8)13)17-4-2-3-16-10/h5-7H,2-4,14H2,1H3. The van der Waals surface area contributed by atoms with Crippen molar-refractivity contribution in [2.75, 3.05) is 13.2 Å². The van der Waals surface area contributed by atoms with E-state index in [1.807, 2.05) is 0 Å². The minimum atomic E-state index is -0.741. The molecule has 0 bridgehead atoms. The smallest absolute Gasteiger partial charge is 0.182 e. The zero-order valence-corrected chi connectivity index (χ0v) is 9.53. The van der Waals surface area contributed by atoms with E-state index in [1.54, 1.807) is 0 Å². The highest BCUT2D eigenvalue weighted by Crippen LogP contribution is 2.32. The second-order valence-corrected chi connectivity index (χ2v) is 3.98. The van der Waals surface area contributed by atoms with Crippen LogP contribution < -0.4 is 15.2 Å². The number of hydrogen-bond acceptors (Lipinski definition) is 4. The normalized spacial score (nSPS) is 16.2. The van der Waals surface area contributed by atoms with Crippen LogP contribution in [0.2, 0.25) is 0 Å². The molecule has 0 spiro atoms. The van der Waals surface area contributed by atoms with Gasteiger partial charge in [-0.05, 0) is 13.0 Å². The SMILES string of the molecule is CC(N)C(=O)c1cc2c(cc1F)OCCCO2. The van der Waals surface area contributed by atoms with E-state index >= 15 is 0 Å². The highest BCUT2D eigenvalue weighted by atomic mass is 19.1. The molecule has 92 valence electrons. The highest BCUT2D eigenvalue weighted by molar-refractivity contribution is 6.00. The average Bonchev–Trinajstić information content (AvgIpc) is 2.51. The predicted octanol–water partition coefficient (Wildman–Crippen LogP) is 1.52. The predicted molar refractivity (Wildman–Crippen MR) is 60.0 cm³/mol. The zero-order valence-electron chi connectivity index (χ0n) is 9.53. The highest BCUT2D eigenvalue weighted by Gasteiger charge is 2.21. The fraction of sp³-hybridized carbons (Fsp3) is 0.417. The summed E-state index contributed by atoms with van der Waals surface area (Å²) in [5.41, 5.74) is 5.40. The molecule has 1 aliphatic heterocycles. The van der Waals surface area contributed by atoms with Crippen molar-refractivity contribution in [1.29, 1.82) is 0 Å². The van der Waals surface area contributed by atoms with E-state index in [9.17, 15) is 9.18 Å². The molecular weight excluding hydrogens is 225 g/mol. The number of ether oxygens (including phenoxy) is 2. The van der Waals surface area contributed by atoms with Gasteiger partial charge in [-0.2, -0.15) is 0 Å². The monoisotopic (exact) mass is 239 g/mol. The molecule has 0 saturated carbocycles. The number of hydrogen-bond donors (Lipinski definition) is 1. The Morgan fingerprint density at radius 1 is 1.35 bits per heavy atom. The van der Waals surface area contributed by atoms with Crippen LogP contribution in [-0.4, -0.2) is 25.0 Å². The van der Waals surface area contributed by atoms with Gasteiger partial charge in [-0.25, -0.2) is 4.39 Å². The number of fused-ring (bicyclic) bond motifs is 1. The minimum Gasteiger partial charge on any atom is -0.490 e. The Kier molecular flexibility index (Phi) is 3.28. The molecule has 2 N–H and O–H groups in total. The lowest BCUT2D eigenvalue weighted by molar-refractivity contribution is 0.0963. The first kappa shape index (κ1) is 11.9. The van der Waals surface area contributed by atoms with Crippen molar-refractivity contribution >= 4 is 5.78 Å². The molecule has 1 heterocycles. The van der Waals surface area contributed by atoms with Crippen LogP contribution in [0.5, 0.6) is 11.5 Å². The molecule has 0 aromatic heterocycles. The lowest BCUT2D eigenvalue weighted by Crippen LogP contribution is -2.27. The van der Waals surface area contributed by atoms with Crippen LogP contribution in [0, 0.1) is 5.82 Å². The zero-order chi connectivity index (χ0) is 12.4. The molecule has 1 aromatic carbocycles. The Morgan fingerprint density at radius 2 is 1.94 bits per heavy atom. The molecule has 2 rings (SSSR count). The number of carbonyl (C=O) groups excluding carboxylic acids is 1. The molecule has 5 heteroatoms. The lowest BCUT2D eigenvalue weighted by Gasteiger charge is -2.11. The first-order valence-corrected chi connectivity index (χ1v) is 5.48. The van der Waals surface area contributed by atoms with Crippen molar-refractivity contribution in [2.24, 2.45) is 5.73 Å². The Labute approximate surface area is 98.5 Å². The first-order valence-electron chi connectivity index (χ1n) is 5.48. The Balaban J connectivity index is 2.42. The van der Waals surface area contributed by atoms with Crippen molar-refractivity contribution in [3.05, 3.63) is 23.5 Å². The van der Waals surface area contributed by atoms with Gasteiger partial charge in [0.25, 0.3) is 0 Å². The third kappa shape index (κ3) is 2.39. The molecule has 0 amide bonds. The molecule has 1 unspecified atom stereocenters. The topological polar surface area (TPSA) is 61.6 Å². The number of nitrogens with two attached hydrogens (primary N) is 1. The summed E-state index contributed by atoms with van der Waals surface area (Å²) in [5, 5.41) is 0. The van der Waals surface area contributed by atoms with Gasteiger partial charge < -0.3 is 15.2 Å². The molecule has 4 nitrogen and oxygen atoms in total. The number of halogens is 1. The van der Waals surface area contributed by atoms with Crippen LogP contribution in [0.15, 0.2) is 12.1 Å². The molecule has 17 heavy (non-hydrogen) atoms. The second-order valence-electron chi connectivity index (χ2n) is 3.98. The molecule has 0 aliphatic carbocycles. The van der Waals surface area contributed by atoms with Gasteiger partial charge in [0.2, 0.25) is 0 Å². The maximum absolute atomic E-state index is 13.7. The van der Waals surface area contributed by atoms with Crippen LogP contribution >= 0.6 is 0 Å². The van der Waals surface area contributed by atoms with Gasteiger partial charge in [0.05, 0.1) is 24.8 Å². The van der Waals surface area contributed by atoms with Gasteiger partial charge >= 0.3 is 0 Å². The van der Waals surface area contributed by atoms with Gasteiger partial charge in [-0.3, -0.25) is 4.79 Å². The molecule has 0 fully saturated rings. The summed E-state index contributed by atoms with van der Waals surface area (Å²) in [5.74, 6) is -0.344. The fourth-order valence-corrected chi connectivity index (χ4v) is 1.62. The van der Waals surface area contributed by atoms with Crippen molar-refractivity contribution in [3.63, 3.8) is 0 Å². The Morgan fingerprint density at radius 3 is 2.53 bits per heavy atom. The van der Waals surface area contributed by atoms with E-state index in [4.69, 9.17) is 15.2 Å². The quantitative estimate of drug-likeness (QED) is 0.795. The summed E-state index contributed by atoms with van der Waals surface area (Å²) in [6.45, 7) is 2.49. The summed E-state index contributed by atoms with van der Waals surface area (Å²) < 4.78 is 24.4. The molecule has 0 saturated heterocycles. The van der Waals surface area contributed by atoms with Gasteiger partial charge in [-0.1, -0.05) is 0 Å². The third-order valence-electron chi connectivity index (χ3n) is 2.52. The fourth-order valence-electron chi connectivity index (χ4n) is 1.62. The Bertz CT molecular complexity index is 446. The number of Topliss-reactive ketones (excluding diaryl/α,β-unsaturated/α-hetero) is 1. The largest absolute Gasteiger partial charge is 0.490 e. The van der Waals surface area contributed by atoms with Crippen molar-refractivity contribution in [3.8, 4) is 11.5 Å². The van der Waals surface area contributed by atoms with Crippen LogP contribution in [0.25, 0.3) is 0 Å². The van der Waals surface area contributed by atoms with E-state index < -0.39 is 17.6 Å². The maximum atomic E-state index is 13.7. The van der Waals surface area contributed by atoms with Gasteiger partial charge in [0.1, 0.15) is 5.82 Å². The van der Waals surface area contributed by atoms with E-state index in [1.165, 1.54) is 19.1 Å². The number of rotatable bonds is 2. The van der Waals surface area contributed by atoms with Gasteiger partial charge in [-0.15, -0.1) is 0 Å². The molecular formula is C12H14FNO3. The molecule has 1 atom stereocenters. The van der Waals surface area contributed by atoms with Gasteiger partial charge in [0.15, 0.2) is 17.3 Å². The summed E-state index contributed by atoms with van der Waals surface area (Å²) in [7, 11) is 0. The van der Waals surface area contributed by atoms with E-state index in [2.05, 4.69) is 0 Å². The van der Waals surface area contributed by atoms with Crippen molar-refractivity contribution in [2.45, 2.75) is 19.4 Å². The van der Waals surface area contributed by atoms with E-state index in [0.29, 0.717) is 24.7 Å². The van der Waals surface area contributed by atoms with Gasteiger partial charge in [0, 0.05) is 12.5 Å². The van der Waals surface area contributed by atoms with E-state index in [0.717, 1.165) is 6.42 Å². The Hall–Kier alpha value is -1.62. The molecule has 0 radical (unpaired) electrons. The summed E-state index contributed by atoms with van der Waals surface area (Å²) in [4.78, 5) is 11.7. The molecule has 1 aliphatic rings. The van der Waals surface area contributed by atoms with Crippen LogP contribution in [-0.2, 0) is 0 Å². The summed E-state index contributed by atoms with van der Waals surface area (Å²) >= 11 is 0. The average molecular weight is 239 g/mol. The first-order chi connectivity index (χ1) is 8.09. The number of carbonyl (C=O) groups is 1. The van der Waals surface area contributed by atoms with Crippen molar-refractivity contribution < 1.29 is 18.7 Å². The number of benzene rings is 1. The summed E-state index contributed by atoms with van der Waals surface area (Å²) in [6.07, 6.45) is 0.729. The van der Waals surface area contributed by atoms with Crippen LogP contribution in [0.1, 0.15) is 23.7 Å². The summed E-state index contributed by atoms with van der Waals surface area (Å²) in [6, 6.07) is 1.80. The van der Waals surface area contributed by atoms with Crippen molar-refractivity contribution in [1.82, 2.24) is 0 Å². The van der Waals surface area contributed by atoms with Crippen LogP contribution in [0.3, 0.4) is 0 Å². The number of ketones is 1. The maximum Gasteiger partial charge on any atom is 0.182 e. The molecule has 1 aromatic rings.